The van der Waals surface area contributed by atoms with E-state index in [-0.39, 0.29) is 11.1 Å². The van der Waals surface area contributed by atoms with E-state index in [2.05, 4.69) is 65.0 Å². The van der Waals surface area contributed by atoms with E-state index >= 15 is 0 Å². The van der Waals surface area contributed by atoms with Crippen molar-refractivity contribution in [3.8, 4) is 11.5 Å². The van der Waals surface area contributed by atoms with Crippen LogP contribution in [0.3, 0.4) is 0 Å². The summed E-state index contributed by atoms with van der Waals surface area (Å²) in [5.74, 6) is 3.19. The van der Waals surface area contributed by atoms with E-state index in [1.54, 1.807) is 0 Å². The number of aliphatic hydroxyl groups is 1. The van der Waals surface area contributed by atoms with Crippen LogP contribution in [0.15, 0.2) is 12.2 Å². The standard InChI is InChI=1S/C17H32O2Si2/c1-16(2,3)21(7,8)19-15-10-12-17(18,14-15)11-9-13-20(4,5)6/h10,12,15,18H,11,14H2,1-8H3. The van der Waals surface area contributed by atoms with Gasteiger partial charge >= 0.3 is 0 Å². The summed E-state index contributed by atoms with van der Waals surface area (Å²) in [6.07, 6.45) is 5.11. The van der Waals surface area contributed by atoms with Crippen LogP contribution in [0.1, 0.15) is 33.6 Å². The van der Waals surface area contributed by atoms with Crippen LogP contribution in [0.5, 0.6) is 0 Å². The molecule has 0 saturated carbocycles. The lowest BCUT2D eigenvalue weighted by atomic mass is 9.99. The molecule has 1 aliphatic carbocycles. The fraction of sp³-hybridized carbons (Fsp3) is 0.765. The van der Waals surface area contributed by atoms with Gasteiger partial charge in [-0.15, -0.1) is 11.5 Å². The first-order valence-corrected chi connectivity index (χ1v) is 14.2. The zero-order chi connectivity index (χ0) is 16.5. The topological polar surface area (TPSA) is 29.5 Å². The molecule has 0 bridgehead atoms. The van der Waals surface area contributed by atoms with E-state index in [9.17, 15) is 5.11 Å². The average molecular weight is 325 g/mol. The Kier molecular flexibility index (Phi) is 5.38. The maximum atomic E-state index is 10.6. The number of rotatable bonds is 3. The maximum absolute atomic E-state index is 10.6. The summed E-state index contributed by atoms with van der Waals surface area (Å²) in [5, 5.41) is 10.8. The van der Waals surface area contributed by atoms with Crippen LogP contribution < -0.4 is 0 Å². The molecule has 1 rings (SSSR count). The molecule has 1 N–H and O–H groups in total. The number of hydrogen-bond acceptors (Lipinski definition) is 2. The summed E-state index contributed by atoms with van der Waals surface area (Å²) in [6, 6.07) is 0. The van der Waals surface area contributed by atoms with Crippen LogP contribution in [0.4, 0.5) is 0 Å². The van der Waals surface area contributed by atoms with E-state index < -0.39 is 22.0 Å². The van der Waals surface area contributed by atoms with E-state index in [1.165, 1.54) is 0 Å². The van der Waals surface area contributed by atoms with Crippen molar-refractivity contribution in [1.29, 1.82) is 0 Å². The predicted molar refractivity (Wildman–Crippen MR) is 96.5 cm³/mol. The lowest BCUT2D eigenvalue weighted by Crippen LogP contribution is -2.44. The smallest absolute Gasteiger partial charge is 0.192 e. The molecule has 0 aromatic rings. The Morgan fingerprint density at radius 1 is 1.24 bits per heavy atom. The number of hydrogen-bond donors (Lipinski definition) is 1. The third kappa shape index (κ3) is 5.74. The van der Waals surface area contributed by atoms with Crippen molar-refractivity contribution in [3.63, 3.8) is 0 Å². The van der Waals surface area contributed by atoms with Gasteiger partial charge in [-0.05, 0) is 18.1 Å². The highest BCUT2D eigenvalue weighted by molar-refractivity contribution is 6.83. The van der Waals surface area contributed by atoms with E-state index in [4.69, 9.17) is 4.43 Å². The highest BCUT2D eigenvalue weighted by atomic mass is 28.4. The second kappa shape index (κ2) is 6.04. The van der Waals surface area contributed by atoms with Crippen LogP contribution in [-0.4, -0.2) is 33.2 Å². The van der Waals surface area contributed by atoms with Crippen molar-refractivity contribution < 1.29 is 9.53 Å². The molecule has 2 unspecified atom stereocenters. The van der Waals surface area contributed by atoms with Crippen LogP contribution >= 0.6 is 0 Å². The monoisotopic (exact) mass is 324 g/mol. The van der Waals surface area contributed by atoms with E-state index in [0.717, 1.165) is 0 Å². The zero-order valence-corrected chi connectivity index (χ0v) is 17.0. The molecule has 0 radical (unpaired) electrons. The van der Waals surface area contributed by atoms with Gasteiger partial charge in [0.15, 0.2) is 8.32 Å². The fourth-order valence-corrected chi connectivity index (χ4v) is 3.89. The maximum Gasteiger partial charge on any atom is 0.192 e. The van der Waals surface area contributed by atoms with Gasteiger partial charge in [-0.2, -0.15) is 0 Å². The predicted octanol–water partition coefficient (Wildman–Crippen LogP) is 4.34. The summed E-state index contributed by atoms with van der Waals surface area (Å²) in [7, 11) is -3.15. The molecule has 4 heteroatoms. The lowest BCUT2D eigenvalue weighted by molar-refractivity contribution is 0.0652. The van der Waals surface area contributed by atoms with Gasteiger partial charge in [-0.3, -0.25) is 0 Å². The first-order valence-electron chi connectivity index (χ1n) is 7.84. The molecular weight excluding hydrogens is 292 g/mol. The minimum Gasteiger partial charge on any atom is -0.410 e. The molecule has 0 fully saturated rings. The molecule has 2 atom stereocenters. The molecule has 120 valence electrons. The van der Waals surface area contributed by atoms with E-state index in [1.807, 2.05) is 12.2 Å². The molecule has 0 amide bonds. The minimum absolute atomic E-state index is 0.0320. The molecule has 0 aromatic heterocycles. The van der Waals surface area contributed by atoms with Gasteiger partial charge in [0.2, 0.25) is 0 Å². The van der Waals surface area contributed by atoms with Gasteiger partial charge in [0.05, 0.1) is 11.7 Å². The highest BCUT2D eigenvalue weighted by Gasteiger charge is 2.41. The molecule has 21 heavy (non-hydrogen) atoms. The fourth-order valence-electron chi connectivity index (χ4n) is 2.00. The Labute approximate surface area is 133 Å². The molecule has 0 aromatic carbocycles. The van der Waals surface area contributed by atoms with Crippen LogP contribution in [0.25, 0.3) is 0 Å². The summed E-state index contributed by atoms with van der Waals surface area (Å²) in [5.41, 5.74) is 2.52. The van der Waals surface area contributed by atoms with Gasteiger partial charge < -0.3 is 9.53 Å². The second-order valence-corrected chi connectivity index (χ2v) is 18.3. The Bertz CT molecular complexity index is 458. The SMILES string of the molecule is CC(C)(C)[Si](C)(C)OC1C=CC(O)(CC#C[Si](C)(C)C)C1. The molecule has 0 spiro atoms. The molecule has 2 nitrogen and oxygen atoms in total. The third-order valence-corrected chi connectivity index (χ3v) is 9.72. The van der Waals surface area contributed by atoms with Crippen LogP contribution in [0, 0.1) is 11.5 Å². The summed E-state index contributed by atoms with van der Waals surface area (Å²) >= 11 is 0. The molecule has 0 heterocycles. The quantitative estimate of drug-likeness (QED) is 0.475. The van der Waals surface area contributed by atoms with Crippen molar-refractivity contribution in [1.82, 2.24) is 0 Å². The first kappa shape index (κ1) is 18.7. The Balaban J connectivity index is 2.64. The van der Waals surface area contributed by atoms with Gasteiger partial charge in [0, 0.05) is 12.8 Å². The van der Waals surface area contributed by atoms with Crippen molar-refractivity contribution in [3.05, 3.63) is 12.2 Å². The largest absolute Gasteiger partial charge is 0.410 e. The van der Waals surface area contributed by atoms with Crippen LogP contribution in [-0.2, 0) is 4.43 Å². The van der Waals surface area contributed by atoms with Gasteiger partial charge in [0.1, 0.15) is 8.07 Å². The summed E-state index contributed by atoms with van der Waals surface area (Å²) in [4.78, 5) is 0. The van der Waals surface area contributed by atoms with Gasteiger partial charge in [-0.25, -0.2) is 0 Å². The van der Waals surface area contributed by atoms with Crippen molar-refractivity contribution in [2.75, 3.05) is 0 Å². The zero-order valence-electron chi connectivity index (χ0n) is 15.0. The van der Waals surface area contributed by atoms with Crippen LogP contribution in [0.2, 0.25) is 37.8 Å². The second-order valence-electron chi connectivity index (χ2n) is 8.81. The summed E-state index contributed by atoms with van der Waals surface area (Å²) < 4.78 is 6.36. The van der Waals surface area contributed by atoms with Crippen molar-refractivity contribution in [2.45, 2.75) is 83.1 Å². The van der Waals surface area contributed by atoms with Crippen molar-refractivity contribution in [2.24, 2.45) is 0 Å². The lowest BCUT2D eigenvalue weighted by Gasteiger charge is -2.38. The van der Waals surface area contributed by atoms with Gasteiger partial charge in [0.25, 0.3) is 0 Å². The Morgan fingerprint density at radius 2 is 1.81 bits per heavy atom. The Morgan fingerprint density at radius 3 is 2.29 bits per heavy atom. The van der Waals surface area contributed by atoms with Crippen molar-refractivity contribution >= 4 is 16.4 Å². The highest BCUT2D eigenvalue weighted by Crippen LogP contribution is 2.39. The van der Waals surface area contributed by atoms with Gasteiger partial charge in [-0.1, -0.05) is 52.6 Å². The van der Waals surface area contributed by atoms with E-state index in [0.29, 0.717) is 12.8 Å². The molecular formula is C17H32O2Si2. The third-order valence-electron chi connectivity index (χ3n) is 4.29. The average Bonchev–Trinajstić information content (AvgIpc) is 2.55. The minimum atomic E-state index is -1.79. The first-order chi connectivity index (χ1) is 9.24. The molecule has 0 aliphatic heterocycles. The Hall–Kier alpha value is -0.346. The normalized spacial score (nSPS) is 26.6. The molecule has 1 aliphatic rings. The molecule has 0 saturated heterocycles. The summed E-state index contributed by atoms with van der Waals surface area (Å²) in [6.45, 7) is 17.9.